The van der Waals surface area contributed by atoms with Crippen molar-refractivity contribution in [3.8, 4) is 0 Å². The van der Waals surface area contributed by atoms with Gasteiger partial charge in [-0.25, -0.2) is 0 Å². The van der Waals surface area contributed by atoms with Crippen LogP contribution in [-0.4, -0.2) is 21.0 Å². The predicted octanol–water partition coefficient (Wildman–Crippen LogP) is 1.84. The van der Waals surface area contributed by atoms with Crippen LogP contribution in [0.1, 0.15) is 5.69 Å². The van der Waals surface area contributed by atoms with Gasteiger partial charge in [-0.2, -0.15) is 0 Å². The van der Waals surface area contributed by atoms with Crippen LogP contribution < -0.4 is 0 Å². The van der Waals surface area contributed by atoms with Crippen molar-refractivity contribution >= 4 is 28.6 Å². The van der Waals surface area contributed by atoms with Gasteiger partial charge in [0.05, 0.1) is 22.5 Å². The van der Waals surface area contributed by atoms with Crippen LogP contribution in [0, 0.1) is 0 Å². The second-order valence-corrected chi connectivity index (χ2v) is 3.39. The van der Waals surface area contributed by atoms with Crippen molar-refractivity contribution in [1.82, 2.24) is 9.97 Å². The van der Waals surface area contributed by atoms with Crippen LogP contribution in [0.4, 0.5) is 0 Å². The van der Waals surface area contributed by atoms with Crippen molar-refractivity contribution in [2.75, 3.05) is 0 Å². The summed E-state index contributed by atoms with van der Waals surface area (Å²) in [4.78, 5) is 17.4. The number of carboxylic acid groups (broad SMARTS) is 1. The lowest BCUT2D eigenvalue weighted by Gasteiger charge is -1.89. The minimum atomic E-state index is -0.873. The monoisotopic (exact) mass is 210 g/mol. The van der Waals surface area contributed by atoms with Crippen molar-refractivity contribution in [1.29, 1.82) is 0 Å². The van der Waals surface area contributed by atoms with Crippen LogP contribution in [0.25, 0.3) is 11.0 Å². The Hall–Kier alpha value is -1.55. The molecule has 2 aromatic rings. The van der Waals surface area contributed by atoms with E-state index in [1.54, 1.807) is 12.1 Å². The first-order valence-electron chi connectivity index (χ1n) is 4.00. The number of aromatic nitrogens is 2. The number of hydrogen-bond acceptors (Lipinski definition) is 2. The zero-order chi connectivity index (χ0) is 10.1. The SMILES string of the molecule is O=C(O)Cc1cc2ncc(Cl)cc2[nH]1. The van der Waals surface area contributed by atoms with Gasteiger partial charge in [0.25, 0.3) is 0 Å². The van der Waals surface area contributed by atoms with Crippen molar-refractivity contribution in [2.45, 2.75) is 6.42 Å². The van der Waals surface area contributed by atoms with Crippen molar-refractivity contribution < 1.29 is 9.90 Å². The quantitative estimate of drug-likeness (QED) is 0.795. The number of hydrogen-bond donors (Lipinski definition) is 2. The number of aliphatic carboxylic acids is 1. The maximum Gasteiger partial charge on any atom is 0.309 e. The first-order valence-corrected chi connectivity index (χ1v) is 4.38. The van der Waals surface area contributed by atoms with Crippen LogP contribution in [0.3, 0.4) is 0 Å². The van der Waals surface area contributed by atoms with Crippen LogP contribution in [0.15, 0.2) is 18.3 Å². The molecule has 0 atom stereocenters. The van der Waals surface area contributed by atoms with E-state index in [1.807, 2.05) is 0 Å². The normalized spacial score (nSPS) is 10.6. The Morgan fingerprint density at radius 2 is 2.36 bits per heavy atom. The number of H-pyrrole nitrogens is 1. The molecule has 0 aliphatic carbocycles. The molecular formula is C9H7ClN2O2. The van der Waals surface area contributed by atoms with Crippen LogP contribution in [0.2, 0.25) is 5.02 Å². The number of aromatic amines is 1. The molecule has 14 heavy (non-hydrogen) atoms. The Labute approximate surface area is 84.5 Å². The van der Waals surface area contributed by atoms with Gasteiger partial charge in [-0.1, -0.05) is 11.6 Å². The predicted molar refractivity (Wildman–Crippen MR) is 52.4 cm³/mol. The van der Waals surface area contributed by atoms with Gasteiger partial charge in [0.2, 0.25) is 0 Å². The number of halogens is 1. The lowest BCUT2D eigenvalue weighted by Crippen LogP contribution is -1.99. The molecule has 2 N–H and O–H groups in total. The number of fused-ring (bicyclic) bond motifs is 1. The molecule has 0 fully saturated rings. The topological polar surface area (TPSA) is 66.0 Å². The highest BCUT2D eigenvalue weighted by molar-refractivity contribution is 6.31. The Bertz CT molecular complexity index is 493. The lowest BCUT2D eigenvalue weighted by atomic mass is 10.3. The summed E-state index contributed by atoms with van der Waals surface area (Å²) in [6, 6.07) is 3.43. The smallest absolute Gasteiger partial charge is 0.309 e. The van der Waals surface area contributed by atoms with Crippen molar-refractivity contribution in [2.24, 2.45) is 0 Å². The van der Waals surface area contributed by atoms with E-state index in [9.17, 15) is 4.79 Å². The molecule has 0 aromatic carbocycles. The fraction of sp³-hybridized carbons (Fsp3) is 0.111. The second-order valence-electron chi connectivity index (χ2n) is 2.95. The third-order valence-electron chi connectivity index (χ3n) is 1.83. The van der Waals surface area contributed by atoms with Crippen LogP contribution in [0.5, 0.6) is 0 Å². The van der Waals surface area contributed by atoms with E-state index in [4.69, 9.17) is 16.7 Å². The third-order valence-corrected chi connectivity index (χ3v) is 2.04. The molecule has 0 amide bonds. The third kappa shape index (κ3) is 1.70. The second kappa shape index (κ2) is 3.31. The molecule has 0 unspecified atom stereocenters. The largest absolute Gasteiger partial charge is 0.481 e. The van der Waals surface area contributed by atoms with E-state index in [0.29, 0.717) is 10.7 Å². The van der Waals surface area contributed by atoms with Gasteiger partial charge >= 0.3 is 5.97 Å². The molecule has 0 radical (unpaired) electrons. The Morgan fingerprint density at radius 3 is 3.07 bits per heavy atom. The highest BCUT2D eigenvalue weighted by Gasteiger charge is 2.05. The summed E-state index contributed by atoms with van der Waals surface area (Å²) in [5.41, 5.74) is 2.11. The zero-order valence-corrected chi connectivity index (χ0v) is 7.88. The average Bonchev–Trinajstić information content (AvgIpc) is 2.44. The van der Waals surface area contributed by atoms with E-state index in [1.165, 1.54) is 6.20 Å². The summed E-state index contributed by atoms with van der Waals surface area (Å²) in [7, 11) is 0. The summed E-state index contributed by atoms with van der Waals surface area (Å²) < 4.78 is 0. The molecule has 0 saturated heterocycles. The molecule has 0 bridgehead atoms. The summed E-state index contributed by atoms with van der Waals surface area (Å²) in [6.45, 7) is 0. The molecule has 0 aliphatic heterocycles. The molecule has 0 saturated carbocycles. The number of nitrogens with zero attached hydrogens (tertiary/aromatic N) is 1. The fourth-order valence-electron chi connectivity index (χ4n) is 1.30. The highest BCUT2D eigenvalue weighted by Crippen LogP contribution is 2.17. The zero-order valence-electron chi connectivity index (χ0n) is 7.12. The molecule has 2 heterocycles. The van der Waals surface area contributed by atoms with Gasteiger partial charge in [0.1, 0.15) is 0 Å². The average molecular weight is 211 g/mol. The maximum absolute atomic E-state index is 10.4. The van der Waals surface area contributed by atoms with Gasteiger partial charge in [-0.3, -0.25) is 9.78 Å². The molecule has 0 spiro atoms. The summed E-state index contributed by atoms with van der Waals surface area (Å²) in [6.07, 6.45) is 1.50. The molecular weight excluding hydrogens is 204 g/mol. The molecule has 0 aliphatic rings. The molecule has 2 aromatic heterocycles. The maximum atomic E-state index is 10.4. The van der Waals surface area contributed by atoms with Crippen LogP contribution in [-0.2, 0) is 11.2 Å². The summed E-state index contributed by atoms with van der Waals surface area (Å²) in [5.74, 6) is -0.873. The Kier molecular flexibility index (Phi) is 2.13. The number of rotatable bonds is 2. The summed E-state index contributed by atoms with van der Waals surface area (Å²) in [5, 5.41) is 9.11. The number of carboxylic acids is 1. The van der Waals surface area contributed by atoms with Crippen molar-refractivity contribution in [3.05, 3.63) is 29.0 Å². The van der Waals surface area contributed by atoms with Crippen LogP contribution >= 0.6 is 11.6 Å². The first-order chi connectivity index (χ1) is 6.65. The Balaban J connectivity index is 2.46. The molecule has 4 nitrogen and oxygen atoms in total. The lowest BCUT2D eigenvalue weighted by molar-refractivity contribution is -0.136. The van der Waals surface area contributed by atoms with Crippen molar-refractivity contribution in [3.63, 3.8) is 0 Å². The minimum absolute atomic E-state index is 0.0338. The van der Waals surface area contributed by atoms with Gasteiger partial charge in [-0.05, 0) is 12.1 Å². The number of pyridine rings is 1. The molecule has 5 heteroatoms. The summed E-state index contributed by atoms with van der Waals surface area (Å²) >= 11 is 5.73. The fourth-order valence-corrected chi connectivity index (χ4v) is 1.46. The Morgan fingerprint density at radius 1 is 1.57 bits per heavy atom. The standard InChI is InChI=1S/C9H7ClN2O2/c10-5-1-8-7(11-4-5)2-6(12-8)3-9(13)14/h1-2,4,12H,3H2,(H,13,14). The number of nitrogens with one attached hydrogen (secondary N) is 1. The van der Waals surface area contributed by atoms with E-state index in [0.717, 1.165) is 11.0 Å². The van der Waals surface area contributed by atoms with E-state index in [2.05, 4.69) is 9.97 Å². The van der Waals surface area contributed by atoms with Gasteiger partial charge < -0.3 is 10.1 Å². The van der Waals surface area contributed by atoms with E-state index < -0.39 is 5.97 Å². The van der Waals surface area contributed by atoms with E-state index in [-0.39, 0.29) is 6.42 Å². The van der Waals surface area contributed by atoms with E-state index >= 15 is 0 Å². The van der Waals surface area contributed by atoms with Gasteiger partial charge in [-0.15, -0.1) is 0 Å². The molecule has 2 rings (SSSR count). The molecule has 72 valence electrons. The van der Waals surface area contributed by atoms with Gasteiger partial charge in [0.15, 0.2) is 0 Å². The minimum Gasteiger partial charge on any atom is -0.481 e. The van der Waals surface area contributed by atoms with Gasteiger partial charge in [0, 0.05) is 11.9 Å². The number of carbonyl (C=O) groups is 1. The highest BCUT2D eigenvalue weighted by atomic mass is 35.5. The first kappa shape index (κ1) is 9.02.